The first-order chi connectivity index (χ1) is 16.0. The largest absolute Gasteiger partial charge is 0.513 e. The molecular weight excluding hydrogens is 430 g/mol. The molecule has 176 valence electrons. The zero-order valence-corrected chi connectivity index (χ0v) is 18.7. The number of methoxy groups -OCH3 is 1. The van der Waals surface area contributed by atoms with Crippen LogP contribution in [0.2, 0.25) is 0 Å². The number of benzene rings is 2. The van der Waals surface area contributed by atoms with Crippen LogP contribution in [0.5, 0.6) is 11.5 Å². The number of ether oxygens (including phenoxy) is 4. The van der Waals surface area contributed by atoms with Gasteiger partial charge in [0.2, 0.25) is 5.91 Å². The lowest BCUT2D eigenvalue weighted by Crippen LogP contribution is -2.33. The lowest BCUT2D eigenvalue weighted by molar-refractivity contribution is -0.121. The Hall–Kier alpha value is -4.08. The molecule has 0 aliphatic carbocycles. The monoisotopic (exact) mass is 457 g/mol. The van der Waals surface area contributed by atoms with Gasteiger partial charge in [-0.3, -0.25) is 4.79 Å². The highest BCUT2D eigenvalue weighted by Crippen LogP contribution is 2.28. The Labute approximate surface area is 191 Å². The molecule has 10 heteroatoms. The first-order valence-electron chi connectivity index (χ1n) is 10.3. The number of nitrogens with one attached hydrogen (secondary N) is 2. The van der Waals surface area contributed by atoms with Crippen molar-refractivity contribution in [3.05, 3.63) is 59.7 Å². The van der Waals surface area contributed by atoms with E-state index in [0.29, 0.717) is 11.3 Å². The first-order valence-corrected chi connectivity index (χ1v) is 10.3. The van der Waals surface area contributed by atoms with Gasteiger partial charge in [0, 0.05) is 0 Å². The van der Waals surface area contributed by atoms with Gasteiger partial charge in [-0.25, -0.2) is 15.0 Å². The Morgan fingerprint density at radius 2 is 1.73 bits per heavy atom. The minimum atomic E-state index is -0.839. The summed E-state index contributed by atoms with van der Waals surface area (Å²) in [7, 11) is 1.43. The molecule has 0 aliphatic heterocycles. The van der Waals surface area contributed by atoms with Gasteiger partial charge in [0.05, 0.1) is 39.0 Å². The van der Waals surface area contributed by atoms with E-state index in [-0.39, 0.29) is 25.4 Å². The van der Waals surface area contributed by atoms with E-state index in [4.69, 9.17) is 18.9 Å². The smallest absolute Gasteiger partial charge is 0.493 e. The number of alkyl carbamates (subject to hydrolysis) is 1. The molecule has 2 amide bonds. The third kappa shape index (κ3) is 8.52. The quantitative estimate of drug-likeness (QED) is 0.242. The van der Waals surface area contributed by atoms with Crippen molar-refractivity contribution in [1.82, 2.24) is 10.7 Å². The molecule has 2 aromatic rings. The van der Waals surface area contributed by atoms with E-state index in [1.165, 1.54) is 19.4 Å². The molecule has 0 bridgehead atoms. The van der Waals surface area contributed by atoms with E-state index in [0.717, 1.165) is 5.56 Å². The van der Waals surface area contributed by atoms with E-state index in [1.807, 2.05) is 18.2 Å². The Morgan fingerprint density at radius 3 is 2.39 bits per heavy atom. The molecule has 2 rings (SSSR count). The fourth-order valence-electron chi connectivity index (χ4n) is 2.75. The van der Waals surface area contributed by atoms with Crippen molar-refractivity contribution >= 4 is 24.4 Å². The van der Waals surface area contributed by atoms with Gasteiger partial charge in [-0.1, -0.05) is 30.3 Å². The molecule has 0 heterocycles. The summed E-state index contributed by atoms with van der Waals surface area (Å²) in [4.78, 5) is 35.8. The summed E-state index contributed by atoms with van der Waals surface area (Å²) in [6.07, 6.45) is -0.0885. The molecular formula is C23H27N3O7. The van der Waals surface area contributed by atoms with Crippen molar-refractivity contribution in [2.45, 2.75) is 26.3 Å². The number of nitrogens with zero attached hydrogens (tertiary/aromatic N) is 1. The molecule has 0 aliphatic rings. The number of amides is 2. The van der Waals surface area contributed by atoms with Gasteiger partial charge < -0.3 is 24.3 Å². The van der Waals surface area contributed by atoms with Crippen LogP contribution in [0, 0.1) is 0 Å². The van der Waals surface area contributed by atoms with E-state index >= 15 is 0 Å². The predicted octanol–water partition coefficient (Wildman–Crippen LogP) is 3.56. The van der Waals surface area contributed by atoms with Crippen LogP contribution in [-0.4, -0.2) is 44.7 Å². The number of hydrogen-bond donors (Lipinski definition) is 2. The van der Waals surface area contributed by atoms with Crippen LogP contribution in [0.25, 0.3) is 0 Å². The average molecular weight is 457 g/mol. The van der Waals surface area contributed by atoms with E-state index in [1.54, 1.807) is 38.1 Å². The van der Waals surface area contributed by atoms with Crippen molar-refractivity contribution in [2.24, 2.45) is 5.10 Å². The Morgan fingerprint density at radius 1 is 1.00 bits per heavy atom. The number of hydrazone groups is 1. The molecule has 0 aromatic heterocycles. The van der Waals surface area contributed by atoms with E-state index in [9.17, 15) is 14.4 Å². The molecule has 0 saturated heterocycles. The summed E-state index contributed by atoms with van der Waals surface area (Å²) >= 11 is 0. The van der Waals surface area contributed by atoms with Crippen molar-refractivity contribution in [2.75, 3.05) is 20.3 Å². The summed E-state index contributed by atoms with van der Waals surface area (Å²) in [5.74, 6) is 0.0696. The second-order valence-electron chi connectivity index (χ2n) is 6.52. The Bertz CT molecular complexity index is 964. The molecule has 0 fully saturated rings. The van der Waals surface area contributed by atoms with Crippen LogP contribution in [0.3, 0.4) is 0 Å². The predicted molar refractivity (Wildman–Crippen MR) is 120 cm³/mol. The summed E-state index contributed by atoms with van der Waals surface area (Å²) in [6.45, 7) is 3.77. The van der Waals surface area contributed by atoms with Gasteiger partial charge in [-0.15, -0.1) is 0 Å². The van der Waals surface area contributed by atoms with Crippen molar-refractivity contribution < 1.29 is 33.3 Å². The number of carbonyl (C=O) groups excluding carboxylic acids is 3. The average Bonchev–Trinajstić information content (AvgIpc) is 2.80. The van der Waals surface area contributed by atoms with Crippen LogP contribution in [0.15, 0.2) is 53.6 Å². The highest BCUT2D eigenvalue weighted by atomic mass is 16.7. The topological polar surface area (TPSA) is 125 Å². The van der Waals surface area contributed by atoms with Crippen LogP contribution in [0.1, 0.15) is 37.4 Å². The lowest BCUT2D eigenvalue weighted by atomic mass is 10.0. The van der Waals surface area contributed by atoms with Gasteiger partial charge >= 0.3 is 12.2 Å². The zero-order chi connectivity index (χ0) is 24.1. The summed E-state index contributed by atoms with van der Waals surface area (Å²) in [5, 5.41) is 6.62. The maximum absolute atomic E-state index is 12.4. The molecule has 10 nitrogen and oxygen atoms in total. The number of carbonyl (C=O) groups is 3. The maximum atomic E-state index is 12.4. The highest BCUT2D eigenvalue weighted by Gasteiger charge is 2.19. The molecule has 0 saturated carbocycles. The molecule has 1 atom stereocenters. The third-order valence-electron chi connectivity index (χ3n) is 4.21. The van der Waals surface area contributed by atoms with Crippen LogP contribution < -0.4 is 20.2 Å². The Balaban J connectivity index is 2.00. The molecule has 0 unspecified atom stereocenters. The molecule has 0 spiro atoms. The normalized spacial score (nSPS) is 11.4. The molecule has 33 heavy (non-hydrogen) atoms. The fourth-order valence-corrected chi connectivity index (χ4v) is 2.75. The van der Waals surface area contributed by atoms with Crippen LogP contribution in [0.4, 0.5) is 9.59 Å². The standard InChI is InChI=1S/C23H27N3O7/c1-4-31-22(28)25-18(17-9-7-6-8-10-17)14-21(27)26-24-15-16-11-12-19(20(13-16)30-3)33-23(29)32-5-2/h6-13,15,18H,4-5,14H2,1-3H3,(H,25,28)(H,26,27)/b24-15-/t18-/m0/s1. The van der Waals surface area contributed by atoms with Crippen molar-refractivity contribution in [3.8, 4) is 11.5 Å². The molecule has 2 aromatic carbocycles. The second-order valence-corrected chi connectivity index (χ2v) is 6.52. The molecule has 0 radical (unpaired) electrons. The number of rotatable bonds is 10. The zero-order valence-electron chi connectivity index (χ0n) is 18.7. The minimum absolute atomic E-state index is 0.0458. The first kappa shape index (κ1) is 25.2. The highest BCUT2D eigenvalue weighted by molar-refractivity contribution is 5.84. The van der Waals surface area contributed by atoms with Gasteiger partial charge in [0.15, 0.2) is 11.5 Å². The SMILES string of the molecule is CCOC(=O)N[C@@H](CC(=O)N/N=C\c1ccc(OC(=O)OCC)c(OC)c1)c1ccccc1. The van der Waals surface area contributed by atoms with Gasteiger partial charge in [-0.05, 0) is 43.2 Å². The summed E-state index contributed by atoms with van der Waals surface area (Å²) in [5.41, 5.74) is 3.78. The van der Waals surface area contributed by atoms with Crippen LogP contribution >= 0.6 is 0 Å². The second kappa shape index (κ2) is 13.4. The van der Waals surface area contributed by atoms with E-state index in [2.05, 4.69) is 15.8 Å². The fraction of sp³-hybridized carbons (Fsp3) is 0.304. The third-order valence-corrected chi connectivity index (χ3v) is 4.21. The number of hydrogen-bond acceptors (Lipinski definition) is 8. The van der Waals surface area contributed by atoms with Crippen molar-refractivity contribution in [1.29, 1.82) is 0 Å². The van der Waals surface area contributed by atoms with Crippen molar-refractivity contribution in [3.63, 3.8) is 0 Å². The van der Waals surface area contributed by atoms with Gasteiger partial charge in [-0.2, -0.15) is 5.10 Å². The van der Waals surface area contributed by atoms with E-state index < -0.39 is 24.2 Å². The maximum Gasteiger partial charge on any atom is 0.513 e. The Kier molecular flexibility index (Phi) is 10.2. The van der Waals surface area contributed by atoms with Gasteiger partial charge in [0.25, 0.3) is 0 Å². The summed E-state index contributed by atoms with van der Waals surface area (Å²) < 4.78 is 19.9. The summed E-state index contributed by atoms with van der Waals surface area (Å²) in [6, 6.07) is 13.2. The minimum Gasteiger partial charge on any atom is -0.493 e. The van der Waals surface area contributed by atoms with Crippen LogP contribution in [-0.2, 0) is 14.3 Å². The molecule has 2 N–H and O–H groups in total. The van der Waals surface area contributed by atoms with Gasteiger partial charge in [0.1, 0.15) is 0 Å². The lowest BCUT2D eigenvalue weighted by Gasteiger charge is -2.18.